The number of carbonyl (C=O) groups is 1. The molecule has 0 aliphatic rings. The minimum Gasteiger partial charge on any atom is -0.337 e. The summed E-state index contributed by atoms with van der Waals surface area (Å²) in [6.45, 7) is 4.79. The summed E-state index contributed by atoms with van der Waals surface area (Å²) in [5.41, 5.74) is 2.68. The molecule has 0 N–H and O–H groups in total. The number of fused-ring (bicyclic) bond motifs is 1. The van der Waals surface area contributed by atoms with E-state index >= 15 is 0 Å². The third kappa shape index (κ3) is 5.00. The highest BCUT2D eigenvalue weighted by atomic mass is 32.2. The third-order valence-electron chi connectivity index (χ3n) is 5.64. The van der Waals surface area contributed by atoms with Gasteiger partial charge >= 0.3 is 0 Å². The number of carbonyl (C=O) groups excluding carboxylic acids is 1. The topological polar surface area (TPSA) is 57.7 Å². The van der Waals surface area contributed by atoms with Crippen molar-refractivity contribution in [2.75, 3.05) is 17.9 Å². The lowest BCUT2D eigenvalue weighted by molar-refractivity contribution is 0.0790. The van der Waals surface area contributed by atoms with Gasteiger partial charge in [-0.3, -0.25) is 9.10 Å². The van der Waals surface area contributed by atoms with E-state index in [1.54, 1.807) is 24.1 Å². The van der Waals surface area contributed by atoms with E-state index in [4.69, 9.17) is 0 Å². The van der Waals surface area contributed by atoms with Crippen LogP contribution in [0.15, 0.2) is 83.8 Å². The van der Waals surface area contributed by atoms with Gasteiger partial charge in [0, 0.05) is 24.8 Å². The molecule has 0 aliphatic carbocycles. The van der Waals surface area contributed by atoms with E-state index in [9.17, 15) is 13.2 Å². The van der Waals surface area contributed by atoms with Gasteiger partial charge in [-0.25, -0.2) is 8.42 Å². The fourth-order valence-corrected chi connectivity index (χ4v) is 6.42. The number of sulfonamides is 1. The van der Waals surface area contributed by atoms with Crippen molar-refractivity contribution in [2.24, 2.45) is 0 Å². The molecular weight excluding hydrogens is 464 g/mol. The van der Waals surface area contributed by atoms with Gasteiger partial charge in [-0.15, -0.1) is 11.3 Å². The van der Waals surface area contributed by atoms with E-state index in [1.165, 1.54) is 15.6 Å². The number of amides is 1. The van der Waals surface area contributed by atoms with E-state index in [2.05, 4.69) is 0 Å². The number of nitrogens with zero attached hydrogens (tertiary/aromatic N) is 2. The van der Waals surface area contributed by atoms with Crippen LogP contribution in [-0.2, 0) is 16.6 Å². The van der Waals surface area contributed by atoms with Crippen LogP contribution >= 0.6 is 11.3 Å². The molecule has 4 rings (SSSR count). The third-order valence-corrected chi connectivity index (χ3v) is 8.59. The number of rotatable bonds is 8. The summed E-state index contributed by atoms with van der Waals surface area (Å²) in [5, 5.41) is 0.860. The van der Waals surface area contributed by atoms with Crippen molar-refractivity contribution in [1.82, 2.24) is 4.90 Å². The molecule has 0 spiro atoms. The fraction of sp³-hybridized carbons (Fsp3) is 0.222. The van der Waals surface area contributed by atoms with Crippen LogP contribution in [-0.4, -0.2) is 32.8 Å². The van der Waals surface area contributed by atoms with Crippen molar-refractivity contribution < 1.29 is 13.2 Å². The average Bonchev–Trinajstić information content (AvgIpc) is 3.26. The molecule has 4 aromatic rings. The van der Waals surface area contributed by atoms with E-state index < -0.39 is 10.0 Å². The maximum atomic E-state index is 13.4. The zero-order valence-corrected chi connectivity index (χ0v) is 21.2. The van der Waals surface area contributed by atoms with Gasteiger partial charge in [-0.2, -0.15) is 0 Å². The van der Waals surface area contributed by atoms with Crippen LogP contribution in [0.5, 0.6) is 0 Å². The first kappa shape index (κ1) is 24.0. The molecule has 0 fully saturated rings. The number of hydrogen-bond acceptors (Lipinski definition) is 4. The van der Waals surface area contributed by atoms with Crippen molar-refractivity contribution in [3.05, 3.63) is 94.9 Å². The van der Waals surface area contributed by atoms with Crippen LogP contribution in [0.4, 0.5) is 5.69 Å². The number of aryl methyl sites for hydroxylation is 1. The first-order valence-corrected chi connectivity index (χ1v) is 13.5. The van der Waals surface area contributed by atoms with Gasteiger partial charge in [-0.05, 0) is 60.7 Å². The number of anilines is 1. The number of hydrogen-bond donors (Lipinski definition) is 0. The van der Waals surface area contributed by atoms with Crippen LogP contribution in [0.2, 0.25) is 0 Å². The highest BCUT2D eigenvalue weighted by Crippen LogP contribution is 2.32. The summed E-state index contributed by atoms with van der Waals surface area (Å²) in [4.78, 5) is 15.6. The Balaban J connectivity index is 1.63. The van der Waals surface area contributed by atoms with Crippen molar-refractivity contribution >= 4 is 43.0 Å². The Labute approximate surface area is 205 Å². The van der Waals surface area contributed by atoms with Gasteiger partial charge in [-0.1, -0.05) is 55.0 Å². The molecule has 0 bridgehead atoms. The van der Waals surface area contributed by atoms with Gasteiger partial charge in [0.1, 0.15) is 0 Å². The SMILES string of the molecule is CCCN(c1ccc2sc(C(=O)N(C)Cc3ccccc3)cc2c1)S(=O)(=O)c1ccc(C)cc1. The Morgan fingerprint density at radius 3 is 2.32 bits per heavy atom. The van der Waals surface area contributed by atoms with Crippen molar-refractivity contribution in [1.29, 1.82) is 0 Å². The maximum absolute atomic E-state index is 13.4. The van der Waals surface area contributed by atoms with E-state index in [0.29, 0.717) is 30.1 Å². The first-order chi connectivity index (χ1) is 16.3. The van der Waals surface area contributed by atoms with Crippen LogP contribution < -0.4 is 4.31 Å². The Hall–Kier alpha value is -3.16. The fourth-order valence-electron chi connectivity index (χ4n) is 3.84. The predicted molar refractivity (Wildman–Crippen MR) is 140 cm³/mol. The average molecular weight is 493 g/mol. The first-order valence-electron chi connectivity index (χ1n) is 11.2. The van der Waals surface area contributed by atoms with Gasteiger partial charge in [0.15, 0.2) is 0 Å². The summed E-state index contributed by atoms with van der Waals surface area (Å²) in [6, 6.07) is 24.2. The predicted octanol–water partition coefficient (Wildman–Crippen LogP) is 6.09. The summed E-state index contributed by atoms with van der Waals surface area (Å²) < 4.78 is 29.2. The monoisotopic (exact) mass is 492 g/mol. The van der Waals surface area contributed by atoms with Crippen LogP contribution in [0, 0.1) is 6.92 Å². The molecule has 0 atom stereocenters. The van der Waals surface area contributed by atoms with Gasteiger partial charge in [0.05, 0.1) is 15.5 Å². The maximum Gasteiger partial charge on any atom is 0.264 e. The quantitative estimate of drug-likeness (QED) is 0.299. The van der Waals surface area contributed by atoms with Gasteiger partial charge in [0.2, 0.25) is 0 Å². The smallest absolute Gasteiger partial charge is 0.264 e. The van der Waals surface area contributed by atoms with Crippen molar-refractivity contribution in [3.8, 4) is 0 Å². The molecule has 1 amide bonds. The van der Waals surface area contributed by atoms with Crippen molar-refractivity contribution in [3.63, 3.8) is 0 Å². The largest absolute Gasteiger partial charge is 0.337 e. The Morgan fingerprint density at radius 1 is 0.941 bits per heavy atom. The second-order valence-electron chi connectivity index (χ2n) is 8.37. The van der Waals surface area contributed by atoms with Crippen molar-refractivity contribution in [2.45, 2.75) is 31.7 Å². The number of thiophene rings is 1. The van der Waals surface area contributed by atoms with Crippen LogP contribution in [0.3, 0.4) is 0 Å². The second-order valence-corrected chi connectivity index (χ2v) is 11.3. The highest BCUT2D eigenvalue weighted by Gasteiger charge is 2.25. The number of benzene rings is 3. The zero-order valence-electron chi connectivity index (χ0n) is 19.6. The molecule has 34 heavy (non-hydrogen) atoms. The lowest BCUT2D eigenvalue weighted by Crippen LogP contribution is -2.31. The van der Waals surface area contributed by atoms with Gasteiger partial charge in [0.25, 0.3) is 15.9 Å². The molecule has 176 valence electrons. The van der Waals surface area contributed by atoms with Crippen LogP contribution in [0.1, 0.15) is 34.1 Å². The van der Waals surface area contributed by atoms with Crippen LogP contribution in [0.25, 0.3) is 10.1 Å². The zero-order chi connectivity index (χ0) is 24.3. The Bertz CT molecular complexity index is 1400. The Kier molecular flexibility index (Phi) is 7.05. The molecule has 1 aromatic heterocycles. The molecule has 3 aromatic carbocycles. The summed E-state index contributed by atoms with van der Waals surface area (Å²) in [6.07, 6.45) is 0.681. The molecule has 0 saturated heterocycles. The molecular formula is C27H28N2O3S2. The Morgan fingerprint density at radius 2 is 1.65 bits per heavy atom. The summed E-state index contributed by atoms with van der Waals surface area (Å²) in [5.74, 6) is -0.0516. The van der Waals surface area contributed by atoms with Gasteiger partial charge < -0.3 is 4.90 Å². The van der Waals surface area contributed by atoms with E-state index in [0.717, 1.165) is 21.2 Å². The molecule has 0 unspecified atom stereocenters. The molecule has 0 saturated carbocycles. The molecule has 1 heterocycles. The summed E-state index contributed by atoms with van der Waals surface area (Å²) in [7, 11) is -1.90. The highest BCUT2D eigenvalue weighted by molar-refractivity contribution is 7.92. The standard InChI is InChI=1S/C27H28N2O3S2/c1-4-16-29(34(31,32)24-13-10-20(2)11-14-24)23-12-15-25-22(17-23)18-26(33-25)27(30)28(3)19-21-8-6-5-7-9-21/h5-15,17-18H,4,16,19H2,1-3H3. The lowest BCUT2D eigenvalue weighted by atomic mass is 10.2. The molecule has 7 heteroatoms. The molecule has 0 aliphatic heterocycles. The molecule has 0 radical (unpaired) electrons. The minimum absolute atomic E-state index is 0.0516. The second kappa shape index (κ2) is 9.99. The van der Waals surface area contributed by atoms with E-state index in [-0.39, 0.29) is 10.8 Å². The summed E-state index contributed by atoms with van der Waals surface area (Å²) >= 11 is 1.42. The minimum atomic E-state index is -3.70. The lowest BCUT2D eigenvalue weighted by Gasteiger charge is -2.24. The molecule has 5 nitrogen and oxygen atoms in total. The normalized spacial score (nSPS) is 11.5. The van der Waals surface area contributed by atoms with E-state index in [1.807, 2.05) is 80.6 Å².